The molecule has 0 saturated carbocycles. The first-order valence-corrected chi connectivity index (χ1v) is 13.2. The zero-order chi connectivity index (χ0) is 29.2. The van der Waals surface area contributed by atoms with Gasteiger partial charge in [-0.25, -0.2) is 0 Å². The van der Waals surface area contributed by atoms with Crippen molar-refractivity contribution < 1.29 is 19.1 Å². The lowest BCUT2D eigenvalue weighted by atomic mass is 9.90. The molecule has 0 aliphatic heterocycles. The van der Waals surface area contributed by atoms with Crippen LogP contribution in [-0.4, -0.2) is 38.0 Å². The number of benzene rings is 4. The molecule has 0 aliphatic carbocycles. The van der Waals surface area contributed by atoms with Gasteiger partial charge in [-0.1, -0.05) is 91.0 Å². The maximum absolute atomic E-state index is 13.5. The Morgan fingerprint density at radius 2 is 1.59 bits per heavy atom. The van der Waals surface area contributed by atoms with Gasteiger partial charge in [0.25, 0.3) is 5.91 Å². The summed E-state index contributed by atoms with van der Waals surface area (Å²) < 4.78 is 10.6. The largest absolute Gasteiger partial charge is 0.496 e. The predicted molar refractivity (Wildman–Crippen MR) is 162 cm³/mol. The zero-order valence-corrected chi connectivity index (χ0v) is 23.0. The molecule has 1 amide bonds. The van der Waals surface area contributed by atoms with E-state index in [1.807, 2.05) is 84.9 Å². The number of rotatable bonds is 11. The predicted octanol–water partition coefficient (Wildman–Crippen LogP) is 5.49. The van der Waals surface area contributed by atoms with Crippen LogP contribution in [0.5, 0.6) is 5.75 Å². The average Bonchev–Trinajstić information content (AvgIpc) is 3.02. The minimum atomic E-state index is -0.737. The Morgan fingerprint density at radius 3 is 2.27 bits per heavy atom. The summed E-state index contributed by atoms with van der Waals surface area (Å²) in [6.45, 7) is 0. The Labute approximate surface area is 240 Å². The summed E-state index contributed by atoms with van der Waals surface area (Å²) >= 11 is 0. The smallest absolute Gasteiger partial charge is 0.311 e. The van der Waals surface area contributed by atoms with Gasteiger partial charge in [0.2, 0.25) is 0 Å². The number of nitrogens with one attached hydrogen (secondary N) is 2. The van der Waals surface area contributed by atoms with Gasteiger partial charge in [-0.2, -0.15) is 0 Å². The summed E-state index contributed by atoms with van der Waals surface area (Å²) in [5, 5.41) is 10.8. The van der Waals surface area contributed by atoms with Crippen molar-refractivity contribution in [1.29, 1.82) is 5.41 Å². The van der Waals surface area contributed by atoms with Crippen LogP contribution >= 0.6 is 0 Å². The van der Waals surface area contributed by atoms with Gasteiger partial charge in [-0.15, -0.1) is 0 Å². The van der Waals surface area contributed by atoms with E-state index in [-0.39, 0.29) is 18.2 Å². The van der Waals surface area contributed by atoms with Gasteiger partial charge in [-0.05, 0) is 47.4 Å². The quantitative estimate of drug-likeness (QED) is 0.131. The molecule has 0 unspecified atom stereocenters. The molecule has 0 radical (unpaired) electrons. The van der Waals surface area contributed by atoms with Gasteiger partial charge >= 0.3 is 5.97 Å². The first-order valence-electron chi connectivity index (χ1n) is 13.2. The lowest BCUT2D eigenvalue weighted by Gasteiger charge is -2.24. The highest BCUT2D eigenvalue weighted by molar-refractivity contribution is 5.96. The molecule has 0 saturated heterocycles. The summed E-state index contributed by atoms with van der Waals surface area (Å²) in [6, 6.07) is 31.0. The topological polar surface area (TPSA) is 115 Å². The molecular formula is C34H33N3O4. The Morgan fingerprint density at radius 1 is 0.878 bits per heavy atom. The van der Waals surface area contributed by atoms with E-state index in [1.165, 1.54) is 7.11 Å². The number of hydrogen-bond acceptors (Lipinski definition) is 5. The number of ether oxygens (including phenoxy) is 2. The number of amides is 1. The summed E-state index contributed by atoms with van der Waals surface area (Å²) in [5.74, 6) is -0.852. The molecule has 0 aromatic heterocycles. The first kappa shape index (κ1) is 28.8. The molecule has 2 atom stereocenters. The number of nitrogen functional groups attached to an aromatic ring is 1. The van der Waals surface area contributed by atoms with Crippen LogP contribution in [0.15, 0.2) is 109 Å². The number of hydrogen-bond donors (Lipinski definition) is 3. The zero-order valence-electron chi connectivity index (χ0n) is 23.0. The maximum Gasteiger partial charge on any atom is 0.311 e. The Bertz CT molecular complexity index is 1530. The third-order valence-corrected chi connectivity index (χ3v) is 6.79. The molecule has 0 fully saturated rings. The fourth-order valence-corrected chi connectivity index (χ4v) is 4.61. The van der Waals surface area contributed by atoms with Crippen molar-refractivity contribution in [3.8, 4) is 16.9 Å². The van der Waals surface area contributed by atoms with Crippen LogP contribution in [0.4, 0.5) is 0 Å². The van der Waals surface area contributed by atoms with E-state index < -0.39 is 17.9 Å². The Hall–Kier alpha value is -5.17. The molecule has 0 aliphatic rings. The highest BCUT2D eigenvalue weighted by Crippen LogP contribution is 2.29. The second-order valence-electron chi connectivity index (χ2n) is 9.49. The van der Waals surface area contributed by atoms with Crippen LogP contribution in [0, 0.1) is 11.3 Å². The summed E-state index contributed by atoms with van der Waals surface area (Å²) in [4.78, 5) is 26.6. The molecule has 4 aromatic carbocycles. The van der Waals surface area contributed by atoms with Crippen LogP contribution < -0.4 is 15.8 Å². The third kappa shape index (κ3) is 7.48. The summed E-state index contributed by atoms with van der Waals surface area (Å²) in [6.07, 6.45) is 3.95. The van der Waals surface area contributed by atoms with Crippen molar-refractivity contribution in [2.45, 2.75) is 12.5 Å². The number of carbonyl (C=O) groups excluding carboxylic acids is 2. The highest BCUT2D eigenvalue weighted by atomic mass is 16.5. The lowest BCUT2D eigenvalue weighted by molar-refractivity contribution is -0.145. The average molecular weight is 548 g/mol. The van der Waals surface area contributed by atoms with Crippen molar-refractivity contribution in [1.82, 2.24) is 5.32 Å². The van der Waals surface area contributed by atoms with E-state index in [4.69, 9.17) is 20.6 Å². The minimum Gasteiger partial charge on any atom is -0.496 e. The van der Waals surface area contributed by atoms with Crippen LogP contribution in [0.2, 0.25) is 0 Å². The van der Waals surface area contributed by atoms with Crippen LogP contribution in [0.3, 0.4) is 0 Å². The van der Waals surface area contributed by atoms with Crippen molar-refractivity contribution in [3.63, 3.8) is 0 Å². The van der Waals surface area contributed by atoms with Crippen molar-refractivity contribution >= 4 is 23.8 Å². The monoisotopic (exact) mass is 547 g/mol. The molecular weight excluding hydrogens is 514 g/mol. The van der Waals surface area contributed by atoms with E-state index in [0.717, 1.165) is 28.0 Å². The first-order chi connectivity index (χ1) is 19.9. The molecule has 0 spiro atoms. The van der Waals surface area contributed by atoms with E-state index in [1.54, 1.807) is 37.4 Å². The maximum atomic E-state index is 13.5. The number of para-hydroxylation sites is 1. The van der Waals surface area contributed by atoms with E-state index in [0.29, 0.717) is 11.1 Å². The normalized spacial score (nSPS) is 12.3. The molecule has 208 valence electrons. The van der Waals surface area contributed by atoms with Crippen LogP contribution in [-0.2, 0) is 16.0 Å². The highest BCUT2D eigenvalue weighted by Gasteiger charge is 2.30. The molecule has 4 rings (SSSR count). The molecule has 0 bridgehead atoms. The van der Waals surface area contributed by atoms with Gasteiger partial charge in [0.1, 0.15) is 11.6 Å². The fraction of sp³-hybridized carbons (Fsp3) is 0.147. The SMILES string of the molecule is COC(=O)[C@@H](Cc1cccc(C(=N)N)c1)[C@H](/C=C/c1ccccc1)NC(=O)c1ccc(-c2ccccc2OC)cc1. The number of esters is 1. The molecule has 7 nitrogen and oxygen atoms in total. The van der Waals surface area contributed by atoms with Gasteiger partial charge in [0, 0.05) is 16.7 Å². The molecule has 4 N–H and O–H groups in total. The van der Waals surface area contributed by atoms with Gasteiger partial charge in [-0.3, -0.25) is 15.0 Å². The van der Waals surface area contributed by atoms with E-state index in [2.05, 4.69) is 5.32 Å². The molecule has 41 heavy (non-hydrogen) atoms. The Balaban J connectivity index is 1.64. The molecule has 0 heterocycles. The minimum absolute atomic E-state index is 0.0631. The molecule has 7 heteroatoms. The number of nitrogens with two attached hydrogens (primary N) is 1. The number of carbonyl (C=O) groups is 2. The van der Waals surface area contributed by atoms with Crippen molar-refractivity contribution in [2.75, 3.05) is 14.2 Å². The molecule has 4 aromatic rings. The lowest BCUT2D eigenvalue weighted by Crippen LogP contribution is -2.43. The third-order valence-electron chi connectivity index (χ3n) is 6.79. The van der Waals surface area contributed by atoms with E-state index >= 15 is 0 Å². The van der Waals surface area contributed by atoms with E-state index in [9.17, 15) is 9.59 Å². The van der Waals surface area contributed by atoms with Gasteiger partial charge < -0.3 is 20.5 Å². The number of amidine groups is 1. The van der Waals surface area contributed by atoms with Gasteiger partial charge in [0.15, 0.2) is 0 Å². The van der Waals surface area contributed by atoms with Crippen molar-refractivity contribution in [3.05, 3.63) is 131 Å². The fourth-order valence-electron chi connectivity index (χ4n) is 4.61. The van der Waals surface area contributed by atoms with Crippen molar-refractivity contribution in [2.24, 2.45) is 11.7 Å². The van der Waals surface area contributed by atoms with Gasteiger partial charge in [0.05, 0.1) is 26.2 Å². The summed E-state index contributed by atoms with van der Waals surface area (Å²) in [7, 11) is 2.95. The Kier molecular flexibility index (Phi) is 9.67. The second-order valence-corrected chi connectivity index (χ2v) is 9.49. The van der Waals surface area contributed by atoms with Crippen LogP contribution in [0.25, 0.3) is 17.2 Å². The summed E-state index contributed by atoms with van der Waals surface area (Å²) in [5.41, 5.74) is 10.2. The second kappa shape index (κ2) is 13.8. The standard InChI is InChI=1S/C34H33N3O4/c1-40-31-14-7-6-13-28(31)25-16-18-26(19-17-25)33(38)37-30(20-15-23-9-4-3-5-10-23)29(34(39)41-2)22-24-11-8-12-27(21-24)32(35)36/h3-21,29-30H,22H2,1-2H3,(H3,35,36)(H,37,38)/b20-15+/t29-,30-/m0/s1. The van der Waals surface area contributed by atoms with Crippen LogP contribution in [0.1, 0.15) is 27.0 Å². The number of methoxy groups -OCH3 is 2.